The van der Waals surface area contributed by atoms with E-state index in [0.717, 1.165) is 43.7 Å². The van der Waals surface area contributed by atoms with Crippen molar-refractivity contribution < 1.29 is 9.66 Å². The summed E-state index contributed by atoms with van der Waals surface area (Å²) in [7, 11) is 0. The van der Waals surface area contributed by atoms with Crippen LogP contribution in [0.3, 0.4) is 0 Å². The molecule has 0 saturated carbocycles. The second-order valence-electron chi connectivity index (χ2n) is 5.80. The van der Waals surface area contributed by atoms with Crippen LogP contribution < -0.4 is 4.90 Å². The first-order valence-electron chi connectivity index (χ1n) is 7.68. The number of nitrogens with zero attached hydrogens (tertiary/aromatic N) is 2. The number of rotatable bonds is 7. The van der Waals surface area contributed by atoms with E-state index >= 15 is 0 Å². The Morgan fingerprint density at radius 2 is 2.24 bits per heavy atom. The molecule has 0 amide bonds. The Hall–Kier alpha value is -1.62. The smallest absolute Gasteiger partial charge is 0.269 e. The van der Waals surface area contributed by atoms with E-state index in [2.05, 4.69) is 11.8 Å². The van der Waals surface area contributed by atoms with Crippen molar-refractivity contribution in [3.05, 3.63) is 33.9 Å². The van der Waals surface area contributed by atoms with Gasteiger partial charge in [0.25, 0.3) is 5.69 Å². The lowest BCUT2D eigenvalue weighted by Gasteiger charge is -2.27. The quantitative estimate of drug-likeness (QED) is 0.438. The zero-order valence-electron chi connectivity index (χ0n) is 13.0. The van der Waals surface area contributed by atoms with E-state index in [9.17, 15) is 10.1 Å². The molecule has 0 aromatic heterocycles. The molecule has 0 fully saturated rings. The SMILES string of the molecule is CC[C@@H]1Cc2cc([N+](=O)[O-])ccc2N1CCCOC(C)C. The van der Waals surface area contributed by atoms with E-state index in [0.29, 0.717) is 6.04 Å². The molecule has 0 aliphatic carbocycles. The molecule has 1 heterocycles. The number of benzene rings is 1. The normalized spacial score (nSPS) is 17.3. The Labute approximate surface area is 126 Å². The number of anilines is 1. The first-order chi connectivity index (χ1) is 10.0. The average Bonchev–Trinajstić information content (AvgIpc) is 2.80. The summed E-state index contributed by atoms with van der Waals surface area (Å²) in [4.78, 5) is 12.9. The molecular weight excluding hydrogens is 268 g/mol. The number of non-ortho nitro benzene ring substituents is 1. The van der Waals surface area contributed by atoms with Crippen LogP contribution in [0.1, 0.15) is 39.2 Å². The maximum absolute atomic E-state index is 10.9. The van der Waals surface area contributed by atoms with Crippen LogP contribution in [0.5, 0.6) is 0 Å². The van der Waals surface area contributed by atoms with E-state index in [-0.39, 0.29) is 16.7 Å². The third-order valence-electron chi connectivity index (χ3n) is 3.95. The molecule has 5 nitrogen and oxygen atoms in total. The molecule has 5 heteroatoms. The number of hydrogen-bond donors (Lipinski definition) is 0. The highest BCUT2D eigenvalue weighted by molar-refractivity contribution is 5.62. The second-order valence-corrected chi connectivity index (χ2v) is 5.80. The minimum atomic E-state index is -0.319. The average molecular weight is 292 g/mol. The van der Waals surface area contributed by atoms with Crippen LogP contribution in [0.15, 0.2) is 18.2 Å². The molecule has 0 saturated heterocycles. The van der Waals surface area contributed by atoms with Crippen molar-refractivity contribution in [1.82, 2.24) is 0 Å². The summed E-state index contributed by atoms with van der Waals surface area (Å²) in [6.07, 6.45) is 3.19. The molecule has 1 aliphatic rings. The van der Waals surface area contributed by atoms with Crippen LogP contribution in [-0.4, -0.2) is 30.2 Å². The van der Waals surface area contributed by atoms with Gasteiger partial charge in [0.1, 0.15) is 0 Å². The van der Waals surface area contributed by atoms with Gasteiger partial charge in [-0.2, -0.15) is 0 Å². The minimum Gasteiger partial charge on any atom is -0.379 e. The van der Waals surface area contributed by atoms with Gasteiger partial charge in [-0.15, -0.1) is 0 Å². The third-order valence-corrected chi connectivity index (χ3v) is 3.95. The van der Waals surface area contributed by atoms with Crippen molar-refractivity contribution in [2.24, 2.45) is 0 Å². The van der Waals surface area contributed by atoms with E-state index in [4.69, 9.17) is 4.74 Å². The highest BCUT2D eigenvalue weighted by Crippen LogP contribution is 2.35. The van der Waals surface area contributed by atoms with Crippen molar-refractivity contribution in [1.29, 1.82) is 0 Å². The fraction of sp³-hybridized carbons (Fsp3) is 0.625. The highest BCUT2D eigenvalue weighted by atomic mass is 16.6. The molecule has 21 heavy (non-hydrogen) atoms. The van der Waals surface area contributed by atoms with Crippen LogP contribution in [0.2, 0.25) is 0 Å². The van der Waals surface area contributed by atoms with Crippen LogP contribution in [-0.2, 0) is 11.2 Å². The Bertz CT molecular complexity index is 502. The fourth-order valence-electron chi connectivity index (χ4n) is 2.91. The molecule has 1 atom stereocenters. The van der Waals surface area contributed by atoms with E-state index in [1.54, 1.807) is 12.1 Å². The lowest BCUT2D eigenvalue weighted by atomic mass is 10.1. The third kappa shape index (κ3) is 3.73. The molecule has 0 spiro atoms. The maximum atomic E-state index is 10.9. The predicted molar refractivity (Wildman–Crippen MR) is 83.9 cm³/mol. The molecule has 1 aliphatic heterocycles. The molecule has 116 valence electrons. The molecule has 0 bridgehead atoms. The predicted octanol–water partition coefficient (Wildman–Crippen LogP) is 3.55. The topological polar surface area (TPSA) is 55.6 Å². The molecular formula is C16H24N2O3. The van der Waals surface area contributed by atoms with Gasteiger partial charge in [-0.3, -0.25) is 10.1 Å². The lowest BCUT2D eigenvalue weighted by molar-refractivity contribution is -0.384. The molecule has 1 aromatic rings. The number of ether oxygens (including phenoxy) is 1. The van der Waals surface area contributed by atoms with Gasteiger partial charge in [-0.25, -0.2) is 0 Å². The van der Waals surface area contributed by atoms with Gasteiger partial charge in [0.2, 0.25) is 0 Å². The number of nitro groups is 1. The van der Waals surface area contributed by atoms with E-state index in [1.165, 1.54) is 0 Å². The van der Waals surface area contributed by atoms with Crippen LogP contribution >= 0.6 is 0 Å². The van der Waals surface area contributed by atoms with Gasteiger partial charge < -0.3 is 9.64 Å². The van der Waals surface area contributed by atoms with Gasteiger partial charge >= 0.3 is 0 Å². The zero-order valence-corrected chi connectivity index (χ0v) is 13.0. The van der Waals surface area contributed by atoms with Crippen molar-refractivity contribution in [3.63, 3.8) is 0 Å². The van der Waals surface area contributed by atoms with Gasteiger partial charge in [0, 0.05) is 37.0 Å². The van der Waals surface area contributed by atoms with Crippen LogP contribution in [0.4, 0.5) is 11.4 Å². The monoisotopic (exact) mass is 292 g/mol. The van der Waals surface area contributed by atoms with Gasteiger partial charge in [-0.05, 0) is 44.7 Å². The summed E-state index contributed by atoms with van der Waals surface area (Å²) >= 11 is 0. The highest BCUT2D eigenvalue weighted by Gasteiger charge is 2.28. The molecule has 0 radical (unpaired) electrons. The molecule has 0 unspecified atom stereocenters. The van der Waals surface area contributed by atoms with Crippen molar-refractivity contribution >= 4 is 11.4 Å². The van der Waals surface area contributed by atoms with E-state index in [1.807, 2.05) is 19.9 Å². The number of nitro benzene ring substituents is 1. The van der Waals surface area contributed by atoms with E-state index < -0.39 is 0 Å². The van der Waals surface area contributed by atoms with Crippen molar-refractivity contribution in [2.45, 2.75) is 52.2 Å². The standard InChI is InChI=1S/C16H24N2O3/c1-4-14-10-13-11-15(18(19)20)6-7-16(13)17(14)8-5-9-21-12(2)3/h6-7,11-12,14H,4-5,8-10H2,1-3H3/t14-/m1/s1. The Balaban J connectivity index is 2.06. The Kier molecular flexibility index (Phi) is 5.17. The Morgan fingerprint density at radius 1 is 1.48 bits per heavy atom. The summed E-state index contributed by atoms with van der Waals surface area (Å²) in [5.41, 5.74) is 2.44. The van der Waals surface area contributed by atoms with Crippen LogP contribution in [0.25, 0.3) is 0 Å². The minimum absolute atomic E-state index is 0.189. The molecule has 0 N–H and O–H groups in total. The zero-order chi connectivity index (χ0) is 15.4. The second kappa shape index (κ2) is 6.89. The van der Waals surface area contributed by atoms with Gasteiger partial charge in [-0.1, -0.05) is 6.92 Å². The van der Waals surface area contributed by atoms with Crippen LogP contribution in [0, 0.1) is 10.1 Å². The van der Waals surface area contributed by atoms with Crippen molar-refractivity contribution in [2.75, 3.05) is 18.1 Å². The summed E-state index contributed by atoms with van der Waals surface area (Å²) in [6.45, 7) is 7.95. The van der Waals surface area contributed by atoms with Crippen molar-refractivity contribution in [3.8, 4) is 0 Å². The summed E-state index contributed by atoms with van der Waals surface area (Å²) in [6, 6.07) is 5.67. The van der Waals surface area contributed by atoms with Gasteiger partial charge in [0.05, 0.1) is 11.0 Å². The summed E-state index contributed by atoms with van der Waals surface area (Å²) in [5.74, 6) is 0. The first-order valence-corrected chi connectivity index (χ1v) is 7.68. The number of hydrogen-bond acceptors (Lipinski definition) is 4. The molecule has 1 aromatic carbocycles. The summed E-state index contributed by atoms with van der Waals surface area (Å²) in [5, 5.41) is 10.9. The summed E-state index contributed by atoms with van der Waals surface area (Å²) < 4.78 is 5.59. The van der Waals surface area contributed by atoms with Gasteiger partial charge in [0.15, 0.2) is 0 Å². The fourth-order valence-corrected chi connectivity index (χ4v) is 2.91. The maximum Gasteiger partial charge on any atom is 0.269 e. The lowest BCUT2D eigenvalue weighted by Crippen LogP contribution is -2.32. The molecule has 2 rings (SSSR count). The largest absolute Gasteiger partial charge is 0.379 e. The number of fused-ring (bicyclic) bond motifs is 1. The first kappa shape index (κ1) is 15.8. The Morgan fingerprint density at radius 3 is 2.86 bits per heavy atom.